The number of carbonyl (C=O) groups is 2. The van der Waals surface area contributed by atoms with Gasteiger partial charge in [0.15, 0.2) is 5.13 Å². The van der Waals surface area contributed by atoms with Gasteiger partial charge in [0.1, 0.15) is 10.6 Å². The van der Waals surface area contributed by atoms with Gasteiger partial charge < -0.3 is 15.4 Å². The molecule has 1 aromatic heterocycles. The van der Waals surface area contributed by atoms with Gasteiger partial charge in [-0.05, 0) is 37.3 Å². The fourth-order valence-corrected chi connectivity index (χ4v) is 3.48. The van der Waals surface area contributed by atoms with Gasteiger partial charge in [-0.15, -0.1) is 0 Å². The third kappa shape index (κ3) is 5.51. The monoisotopic (exact) mass is 450 g/mol. The van der Waals surface area contributed by atoms with Gasteiger partial charge >= 0.3 is 12.2 Å². The van der Waals surface area contributed by atoms with Gasteiger partial charge in [0.05, 0.1) is 24.1 Å². The highest BCUT2D eigenvalue weighted by Crippen LogP contribution is 2.31. The standard InChI is InChI=1S/C20H17F3N4O3S/c1-11-16(17(28)25-13-7-5-6-12(10-13)20(21,22)23)31-19(24-11)27-18(29)26-14-8-3-4-9-15(14)30-2/h3-10H,1-2H3,(H,25,28)(H2,24,26,27,29). The second-order valence-electron chi connectivity index (χ2n) is 6.25. The number of rotatable bonds is 5. The van der Waals surface area contributed by atoms with Crippen molar-refractivity contribution < 1.29 is 27.5 Å². The summed E-state index contributed by atoms with van der Waals surface area (Å²) < 4.78 is 43.7. The molecule has 3 rings (SSSR count). The molecule has 1 heterocycles. The molecule has 7 nitrogen and oxygen atoms in total. The Balaban J connectivity index is 1.69. The van der Waals surface area contributed by atoms with Gasteiger partial charge in [0, 0.05) is 5.69 Å². The summed E-state index contributed by atoms with van der Waals surface area (Å²) in [4.78, 5) is 29.0. The van der Waals surface area contributed by atoms with Crippen LogP contribution in [0, 0.1) is 6.92 Å². The topological polar surface area (TPSA) is 92.3 Å². The van der Waals surface area contributed by atoms with Crippen LogP contribution in [-0.4, -0.2) is 24.0 Å². The molecule has 3 aromatic rings. The zero-order valence-electron chi connectivity index (χ0n) is 16.3. The molecule has 11 heteroatoms. The Morgan fingerprint density at radius 2 is 1.77 bits per heavy atom. The first-order valence-electron chi connectivity index (χ1n) is 8.84. The van der Waals surface area contributed by atoms with Crippen molar-refractivity contribution in [3.8, 4) is 5.75 Å². The molecule has 3 N–H and O–H groups in total. The molecule has 0 aliphatic heterocycles. The fourth-order valence-electron chi connectivity index (χ4n) is 2.62. The van der Waals surface area contributed by atoms with Crippen molar-refractivity contribution in [2.75, 3.05) is 23.1 Å². The van der Waals surface area contributed by atoms with E-state index in [9.17, 15) is 22.8 Å². The molecule has 3 amide bonds. The molecule has 0 bridgehead atoms. The van der Waals surface area contributed by atoms with Crippen molar-refractivity contribution in [1.82, 2.24) is 4.98 Å². The molecule has 0 aliphatic carbocycles. The van der Waals surface area contributed by atoms with Crippen LogP contribution in [-0.2, 0) is 6.18 Å². The Morgan fingerprint density at radius 3 is 2.48 bits per heavy atom. The quantitative estimate of drug-likeness (QED) is 0.487. The number of urea groups is 1. The first kappa shape index (κ1) is 22.1. The minimum absolute atomic E-state index is 0.00366. The Kier molecular flexibility index (Phi) is 6.44. The van der Waals surface area contributed by atoms with Crippen LogP contribution < -0.4 is 20.7 Å². The van der Waals surface area contributed by atoms with Crippen molar-refractivity contribution >= 4 is 39.8 Å². The molecule has 0 fully saturated rings. The first-order valence-corrected chi connectivity index (χ1v) is 9.66. The third-order valence-corrected chi connectivity index (χ3v) is 5.10. The average Bonchev–Trinajstić information content (AvgIpc) is 3.08. The predicted octanol–water partition coefficient (Wildman–Crippen LogP) is 5.38. The van der Waals surface area contributed by atoms with E-state index in [1.54, 1.807) is 31.2 Å². The number of thiazole rings is 1. The zero-order valence-corrected chi connectivity index (χ0v) is 17.1. The second-order valence-corrected chi connectivity index (χ2v) is 7.24. The summed E-state index contributed by atoms with van der Waals surface area (Å²) >= 11 is 0.897. The van der Waals surface area contributed by atoms with E-state index in [-0.39, 0.29) is 15.7 Å². The van der Waals surface area contributed by atoms with Gasteiger partial charge in [0.2, 0.25) is 0 Å². The number of aryl methyl sites for hydroxylation is 1. The van der Waals surface area contributed by atoms with Crippen LogP contribution in [0.25, 0.3) is 0 Å². The molecule has 0 saturated heterocycles. The first-order chi connectivity index (χ1) is 14.7. The number of alkyl halides is 3. The number of methoxy groups -OCH3 is 1. The van der Waals surface area contributed by atoms with E-state index in [4.69, 9.17) is 4.74 Å². The van der Waals surface area contributed by atoms with Gasteiger partial charge in [-0.3, -0.25) is 10.1 Å². The Labute approximate surface area is 179 Å². The molecule has 162 valence electrons. The van der Waals surface area contributed by atoms with Crippen LogP contribution >= 0.6 is 11.3 Å². The highest BCUT2D eigenvalue weighted by Gasteiger charge is 2.30. The summed E-state index contributed by atoms with van der Waals surface area (Å²) in [5.41, 5.74) is -0.113. The lowest BCUT2D eigenvalue weighted by atomic mass is 10.2. The lowest BCUT2D eigenvalue weighted by Crippen LogP contribution is -2.19. The molecular weight excluding hydrogens is 433 g/mol. The highest BCUT2D eigenvalue weighted by molar-refractivity contribution is 7.17. The number of nitrogens with zero attached hydrogens (tertiary/aromatic N) is 1. The number of anilines is 3. The number of para-hydroxylation sites is 2. The summed E-state index contributed by atoms with van der Waals surface area (Å²) in [7, 11) is 1.47. The number of benzene rings is 2. The van der Waals surface area contributed by atoms with Crippen LogP contribution in [0.1, 0.15) is 20.9 Å². The average molecular weight is 450 g/mol. The molecule has 2 aromatic carbocycles. The summed E-state index contributed by atoms with van der Waals surface area (Å²) in [5, 5.41) is 7.71. The van der Waals surface area contributed by atoms with Gasteiger partial charge in [-0.25, -0.2) is 9.78 Å². The number of hydrogen-bond acceptors (Lipinski definition) is 5. The number of ether oxygens (including phenoxy) is 1. The van der Waals surface area contributed by atoms with Crippen molar-refractivity contribution in [3.05, 3.63) is 64.7 Å². The number of amides is 3. The van der Waals surface area contributed by atoms with Crippen molar-refractivity contribution in [1.29, 1.82) is 0 Å². The van der Waals surface area contributed by atoms with Crippen LogP contribution in [0.2, 0.25) is 0 Å². The lowest BCUT2D eigenvalue weighted by Gasteiger charge is -2.09. The molecule has 0 saturated carbocycles. The maximum Gasteiger partial charge on any atom is 0.416 e. The lowest BCUT2D eigenvalue weighted by molar-refractivity contribution is -0.137. The van der Waals surface area contributed by atoms with Crippen LogP contribution in [0.15, 0.2) is 48.5 Å². The summed E-state index contributed by atoms with van der Waals surface area (Å²) in [6, 6.07) is 10.5. The van der Waals surface area contributed by atoms with E-state index in [1.165, 1.54) is 19.2 Å². The number of aromatic nitrogens is 1. The van der Waals surface area contributed by atoms with E-state index in [0.29, 0.717) is 17.1 Å². The fraction of sp³-hybridized carbons (Fsp3) is 0.150. The Bertz CT molecular complexity index is 1120. The van der Waals surface area contributed by atoms with Crippen LogP contribution in [0.5, 0.6) is 5.75 Å². The van der Waals surface area contributed by atoms with Crippen molar-refractivity contribution in [3.63, 3.8) is 0 Å². The van der Waals surface area contributed by atoms with Crippen LogP contribution in [0.4, 0.5) is 34.5 Å². The molecule has 0 aliphatic rings. The SMILES string of the molecule is COc1ccccc1NC(=O)Nc1nc(C)c(C(=O)Nc2cccc(C(F)(F)F)c2)s1. The summed E-state index contributed by atoms with van der Waals surface area (Å²) in [6.07, 6.45) is -4.52. The Morgan fingerprint density at radius 1 is 1.03 bits per heavy atom. The maximum atomic E-state index is 12.8. The Hall–Kier alpha value is -3.60. The minimum Gasteiger partial charge on any atom is -0.495 e. The molecule has 0 spiro atoms. The number of nitrogens with one attached hydrogen (secondary N) is 3. The van der Waals surface area contributed by atoms with Gasteiger partial charge in [-0.1, -0.05) is 29.5 Å². The number of hydrogen-bond donors (Lipinski definition) is 3. The van der Waals surface area contributed by atoms with E-state index in [1.807, 2.05) is 0 Å². The largest absolute Gasteiger partial charge is 0.495 e. The smallest absolute Gasteiger partial charge is 0.416 e. The van der Waals surface area contributed by atoms with Crippen molar-refractivity contribution in [2.24, 2.45) is 0 Å². The van der Waals surface area contributed by atoms with E-state index in [2.05, 4.69) is 20.9 Å². The number of carbonyl (C=O) groups excluding carboxylic acids is 2. The van der Waals surface area contributed by atoms with Gasteiger partial charge in [0.25, 0.3) is 5.91 Å². The third-order valence-electron chi connectivity index (χ3n) is 4.03. The molecule has 0 atom stereocenters. The molecule has 0 unspecified atom stereocenters. The van der Waals surface area contributed by atoms with E-state index < -0.39 is 23.7 Å². The minimum atomic E-state index is -4.52. The van der Waals surface area contributed by atoms with Gasteiger partial charge in [-0.2, -0.15) is 13.2 Å². The molecular formula is C20H17F3N4O3S. The summed E-state index contributed by atoms with van der Waals surface area (Å²) in [5.74, 6) is -0.165. The summed E-state index contributed by atoms with van der Waals surface area (Å²) in [6.45, 7) is 1.56. The predicted molar refractivity (Wildman–Crippen MR) is 112 cm³/mol. The zero-order chi connectivity index (χ0) is 22.6. The highest BCUT2D eigenvalue weighted by atomic mass is 32.1. The van der Waals surface area contributed by atoms with Crippen LogP contribution in [0.3, 0.4) is 0 Å². The number of halogens is 3. The second kappa shape index (κ2) is 9.04. The van der Waals surface area contributed by atoms with E-state index in [0.717, 1.165) is 23.5 Å². The normalized spacial score (nSPS) is 11.0. The van der Waals surface area contributed by atoms with E-state index >= 15 is 0 Å². The molecule has 0 radical (unpaired) electrons. The molecule has 31 heavy (non-hydrogen) atoms. The maximum absolute atomic E-state index is 12.8. The van der Waals surface area contributed by atoms with Crippen molar-refractivity contribution in [2.45, 2.75) is 13.1 Å².